The highest BCUT2D eigenvalue weighted by molar-refractivity contribution is 5.67. The highest BCUT2D eigenvalue weighted by Crippen LogP contribution is 2.29. The standard InChI is InChI=1S/C27H42O15/c1-16(28)34-10-22(11-35-17(2)29)7-25-40-26(8-23(12-36-18(3)30)13-37-19(4)31)42-27(41-25)9-24(14-38-20(5)32)15-39-21(6)33/h22-27H,7-15H2,1-6H3. The van der Waals surface area contributed by atoms with Crippen LogP contribution in [0.4, 0.5) is 0 Å². The summed E-state index contributed by atoms with van der Waals surface area (Å²) in [6.07, 6.45) is -2.49. The van der Waals surface area contributed by atoms with Gasteiger partial charge in [-0.25, -0.2) is 0 Å². The van der Waals surface area contributed by atoms with E-state index in [0.717, 1.165) is 0 Å². The van der Waals surface area contributed by atoms with Crippen molar-refractivity contribution in [2.75, 3.05) is 39.6 Å². The molecule has 0 aromatic carbocycles. The van der Waals surface area contributed by atoms with Gasteiger partial charge in [0, 0.05) is 78.6 Å². The van der Waals surface area contributed by atoms with Crippen molar-refractivity contribution in [2.24, 2.45) is 17.8 Å². The Kier molecular flexibility index (Phi) is 17.3. The van der Waals surface area contributed by atoms with Gasteiger partial charge in [0.1, 0.15) is 0 Å². The highest BCUT2D eigenvalue weighted by atomic mass is 16.9. The van der Waals surface area contributed by atoms with Gasteiger partial charge in [-0.05, 0) is 0 Å². The minimum absolute atomic E-state index is 0.0783. The Hall–Kier alpha value is -3.30. The maximum Gasteiger partial charge on any atom is 0.302 e. The van der Waals surface area contributed by atoms with Crippen LogP contribution in [0.1, 0.15) is 60.8 Å². The summed E-state index contributed by atoms with van der Waals surface area (Å²) in [7, 11) is 0. The molecule has 0 atom stereocenters. The molecule has 0 aromatic heterocycles. The maximum atomic E-state index is 11.4. The van der Waals surface area contributed by atoms with Gasteiger partial charge in [-0.1, -0.05) is 0 Å². The van der Waals surface area contributed by atoms with Crippen molar-refractivity contribution in [3.8, 4) is 0 Å². The first kappa shape index (κ1) is 36.7. The Morgan fingerprint density at radius 3 is 0.714 bits per heavy atom. The molecule has 15 heteroatoms. The van der Waals surface area contributed by atoms with Crippen LogP contribution in [0.25, 0.3) is 0 Å². The fraction of sp³-hybridized carbons (Fsp3) is 0.778. The zero-order valence-corrected chi connectivity index (χ0v) is 25.0. The Balaban J connectivity index is 3.15. The number of ether oxygens (including phenoxy) is 9. The third kappa shape index (κ3) is 18.2. The van der Waals surface area contributed by atoms with E-state index in [2.05, 4.69) is 0 Å². The monoisotopic (exact) mass is 606 g/mol. The summed E-state index contributed by atoms with van der Waals surface area (Å²) in [6, 6.07) is 0. The number of hydrogen-bond donors (Lipinski definition) is 0. The second-order valence-electron chi connectivity index (χ2n) is 9.82. The van der Waals surface area contributed by atoms with Crippen molar-refractivity contribution in [1.82, 2.24) is 0 Å². The van der Waals surface area contributed by atoms with Crippen molar-refractivity contribution >= 4 is 35.8 Å². The Labute approximate surface area is 244 Å². The number of carbonyl (C=O) groups excluding carboxylic acids is 6. The van der Waals surface area contributed by atoms with E-state index in [0.29, 0.717) is 0 Å². The summed E-state index contributed by atoms with van der Waals surface area (Å²) in [4.78, 5) is 68.4. The smallest absolute Gasteiger partial charge is 0.302 e. The van der Waals surface area contributed by atoms with Crippen molar-refractivity contribution in [2.45, 2.75) is 79.7 Å². The van der Waals surface area contributed by atoms with Crippen molar-refractivity contribution in [3.05, 3.63) is 0 Å². The molecule has 1 heterocycles. The number of carbonyl (C=O) groups is 6. The molecule has 0 saturated carbocycles. The lowest BCUT2D eigenvalue weighted by atomic mass is 10.0. The van der Waals surface area contributed by atoms with E-state index in [1.165, 1.54) is 41.5 Å². The average molecular weight is 607 g/mol. The molecule has 1 saturated heterocycles. The zero-order chi connectivity index (χ0) is 31.7. The summed E-state index contributed by atoms with van der Waals surface area (Å²) in [5.74, 6) is -4.64. The second kappa shape index (κ2) is 19.8. The van der Waals surface area contributed by atoms with Crippen LogP contribution in [0.3, 0.4) is 0 Å². The van der Waals surface area contributed by atoms with Crippen LogP contribution in [0, 0.1) is 17.8 Å². The number of hydrogen-bond acceptors (Lipinski definition) is 15. The lowest BCUT2D eigenvalue weighted by molar-refractivity contribution is -0.392. The van der Waals surface area contributed by atoms with Crippen LogP contribution in [-0.4, -0.2) is 94.3 Å². The topological polar surface area (TPSA) is 185 Å². The van der Waals surface area contributed by atoms with Crippen LogP contribution >= 0.6 is 0 Å². The molecular formula is C27H42O15. The fourth-order valence-corrected chi connectivity index (χ4v) is 3.72. The third-order valence-electron chi connectivity index (χ3n) is 5.62. The molecule has 1 rings (SSSR count). The Morgan fingerprint density at radius 2 is 0.571 bits per heavy atom. The van der Waals surface area contributed by atoms with Crippen LogP contribution in [0.15, 0.2) is 0 Å². The van der Waals surface area contributed by atoms with Crippen LogP contribution in [0.2, 0.25) is 0 Å². The molecule has 42 heavy (non-hydrogen) atoms. The average Bonchev–Trinajstić information content (AvgIpc) is 2.88. The molecular weight excluding hydrogens is 564 g/mol. The molecule has 0 spiro atoms. The van der Waals surface area contributed by atoms with E-state index in [9.17, 15) is 28.8 Å². The van der Waals surface area contributed by atoms with E-state index < -0.39 is 72.4 Å². The quantitative estimate of drug-likeness (QED) is 0.161. The number of esters is 6. The molecule has 15 nitrogen and oxygen atoms in total. The number of rotatable bonds is 18. The highest BCUT2D eigenvalue weighted by Gasteiger charge is 2.36. The molecule has 0 unspecified atom stereocenters. The molecule has 0 N–H and O–H groups in total. The summed E-state index contributed by atoms with van der Waals surface area (Å²) >= 11 is 0. The van der Waals surface area contributed by atoms with Gasteiger partial charge in [0.15, 0.2) is 18.9 Å². The first-order chi connectivity index (χ1) is 19.7. The minimum atomic E-state index is -0.948. The van der Waals surface area contributed by atoms with E-state index >= 15 is 0 Å². The molecule has 240 valence electrons. The molecule has 0 bridgehead atoms. The molecule has 1 aliphatic heterocycles. The van der Waals surface area contributed by atoms with Gasteiger partial charge in [-0.2, -0.15) is 0 Å². The molecule has 0 aromatic rings. The fourth-order valence-electron chi connectivity index (χ4n) is 3.72. The predicted octanol–water partition coefficient (Wildman–Crippen LogP) is 1.43. The lowest BCUT2D eigenvalue weighted by Crippen LogP contribution is -2.44. The van der Waals surface area contributed by atoms with Crippen LogP contribution in [0.5, 0.6) is 0 Å². The van der Waals surface area contributed by atoms with E-state index in [-0.39, 0.29) is 58.9 Å². The third-order valence-corrected chi connectivity index (χ3v) is 5.62. The summed E-state index contributed by atoms with van der Waals surface area (Å²) in [6.45, 7) is 7.00. The van der Waals surface area contributed by atoms with Gasteiger partial charge in [-0.15, -0.1) is 0 Å². The Morgan fingerprint density at radius 1 is 0.405 bits per heavy atom. The molecule has 1 fully saturated rings. The van der Waals surface area contributed by atoms with Gasteiger partial charge >= 0.3 is 35.8 Å². The van der Waals surface area contributed by atoms with Crippen LogP contribution in [-0.2, 0) is 71.4 Å². The van der Waals surface area contributed by atoms with Crippen molar-refractivity contribution in [1.29, 1.82) is 0 Å². The SMILES string of the molecule is CC(=O)OCC(COC(C)=O)CC1OC(CC(COC(C)=O)COC(C)=O)OC(CC(COC(C)=O)COC(C)=O)O1. The first-order valence-electron chi connectivity index (χ1n) is 13.5. The second-order valence-corrected chi connectivity index (χ2v) is 9.82. The van der Waals surface area contributed by atoms with Crippen molar-refractivity contribution < 1.29 is 71.4 Å². The van der Waals surface area contributed by atoms with Crippen molar-refractivity contribution in [3.63, 3.8) is 0 Å². The molecule has 0 aliphatic carbocycles. The Bertz CT molecular complexity index is 730. The van der Waals surface area contributed by atoms with Gasteiger partial charge in [-0.3, -0.25) is 28.8 Å². The van der Waals surface area contributed by atoms with Gasteiger partial charge in [0.05, 0.1) is 39.6 Å². The lowest BCUT2D eigenvalue weighted by Gasteiger charge is -2.39. The summed E-state index contributed by atoms with van der Waals surface area (Å²) in [5.41, 5.74) is 0. The van der Waals surface area contributed by atoms with Gasteiger partial charge in [0.2, 0.25) is 0 Å². The van der Waals surface area contributed by atoms with E-state index in [4.69, 9.17) is 42.6 Å². The largest absolute Gasteiger partial charge is 0.465 e. The van der Waals surface area contributed by atoms with Crippen LogP contribution < -0.4 is 0 Å². The zero-order valence-electron chi connectivity index (χ0n) is 25.0. The minimum Gasteiger partial charge on any atom is -0.465 e. The summed E-state index contributed by atoms with van der Waals surface area (Å²) in [5, 5.41) is 0. The summed E-state index contributed by atoms with van der Waals surface area (Å²) < 4.78 is 48.7. The normalized spacial score (nSPS) is 18.4. The van der Waals surface area contributed by atoms with Gasteiger partial charge in [0.25, 0.3) is 0 Å². The van der Waals surface area contributed by atoms with E-state index in [1.54, 1.807) is 0 Å². The first-order valence-corrected chi connectivity index (χ1v) is 13.5. The molecule has 1 aliphatic rings. The van der Waals surface area contributed by atoms with E-state index in [1.807, 2.05) is 0 Å². The van der Waals surface area contributed by atoms with Gasteiger partial charge < -0.3 is 42.6 Å². The molecule has 0 amide bonds. The predicted molar refractivity (Wildman–Crippen MR) is 139 cm³/mol. The molecule has 0 radical (unpaired) electrons. The maximum absolute atomic E-state index is 11.4.